The summed E-state index contributed by atoms with van der Waals surface area (Å²) in [5.74, 6) is 6.84. The zero-order valence-electron chi connectivity index (χ0n) is 8.48. The van der Waals surface area contributed by atoms with E-state index in [2.05, 4.69) is 10.2 Å². The van der Waals surface area contributed by atoms with Crippen LogP contribution >= 0.6 is 11.8 Å². The Morgan fingerprint density at radius 1 is 1.50 bits per heavy atom. The lowest BCUT2D eigenvalue weighted by Gasteiger charge is -2.16. The molecule has 0 aliphatic rings. The standard InChI is InChI=1S/C8H13N5S/c1-8(2,3)6-11-12-7(13(6)10)14-5-4-9/h5,10H2,1-3H3. The third-order valence-corrected chi connectivity index (χ3v) is 2.41. The van der Waals surface area contributed by atoms with Gasteiger partial charge in [-0.25, -0.2) is 4.68 Å². The van der Waals surface area contributed by atoms with Crippen molar-refractivity contribution in [2.24, 2.45) is 0 Å². The van der Waals surface area contributed by atoms with Crippen LogP contribution in [0.4, 0.5) is 0 Å². The summed E-state index contributed by atoms with van der Waals surface area (Å²) in [6.07, 6.45) is 0. The van der Waals surface area contributed by atoms with Gasteiger partial charge in [0.1, 0.15) is 0 Å². The second-order valence-corrected chi connectivity index (χ2v) is 4.82. The molecule has 5 nitrogen and oxygen atoms in total. The maximum atomic E-state index is 8.42. The highest BCUT2D eigenvalue weighted by molar-refractivity contribution is 7.99. The quantitative estimate of drug-likeness (QED) is 0.580. The van der Waals surface area contributed by atoms with E-state index in [1.54, 1.807) is 0 Å². The van der Waals surface area contributed by atoms with Crippen molar-refractivity contribution >= 4 is 11.8 Å². The molecule has 76 valence electrons. The second kappa shape index (κ2) is 3.88. The number of aromatic nitrogens is 3. The molecule has 14 heavy (non-hydrogen) atoms. The largest absolute Gasteiger partial charge is 0.336 e. The van der Waals surface area contributed by atoms with Gasteiger partial charge in [-0.1, -0.05) is 32.5 Å². The van der Waals surface area contributed by atoms with Crippen LogP contribution in [0.5, 0.6) is 0 Å². The topological polar surface area (TPSA) is 80.5 Å². The summed E-state index contributed by atoms with van der Waals surface area (Å²) in [6.45, 7) is 6.04. The maximum Gasteiger partial charge on any atom is 0.210 e. The van der Waals surface area contributed by atoms with E-state index in [1.807, 2.05) is 26.8 Å². The van der Waals surface area contributed by atoms with Gasteiger partial charge in [-0.2, -0.15) is 5.26 Å². The number of nitrogen functional groups attached to an aromatic ring is 1. The molecule has 0 radical (unpaired) electrons. The zero-order valence-corrected chi connectivity index (χ0v) is 9.30. The van der Waals surface area contributed by atoms with Gasteiger partial charge in [-0.3, -0.25) is 0 Å². The Morgan fingerprint density at radius 3 is 2.57 bits per heavy atom. The predicted octanol–water partition coefficient (Wildman–Crippen LogP) is 0.905. The fourth-order valence-corrected chi connectivity index (χ4v) is 1.50. The smallest absolute Gasteiger partial charge is 0.210 e. The summed E-state index contributed by atoms with van der Waals surface area (Å²) >= 11 is 1.29. The lowest BCUT2D eigenvalue weighted by Crippen LogP contribution is -2.24. The lowest BCUT2D eigenvalue weighted by atomic mass is 9.96. The van der Waals surface area contributed by atoms with Crippen molar-refractivity contribution in [3.05, 3.63) is 5.82 Å². The molecule has 6 heteroatoms. The van der Waals surface area contributed by atoms with E-state index in [0.717, 1.165) is 5.82 Å². The van der Waals surface area contributed by atoms with Crippen LogP contribution in [-0.4, -0.2) is 20.6 Å². The number of nitrogens with two attached hydrogens (primary N) is 1. The van der Waals surface area contributed by atoms with E-state index in [-0.39, 0.29) is 5.41 Å². The molecule has 0 saturated heterocycles. The highest BCUT2D eigenvalue weighted by Gasteiger charge is 2.22. The molecule has 0 aliphatic carbocycles. The first-order valence-corrected chi connectivity index (χ1v) is 5.16. The average molecular weight is 211 g/mol. The number of hydrogen-bond acceptors (Lipinski definition) is 5. The van der Waals surface area contributed by atoms with Gasteiger partial charge >= 0.3 is 0 Å². The van der Waals surface area contributed by atoms with Crippen molar-refractivity contribution in [3.63, 3.8) is 0 Å². The van der Waals surface area contributed by atoms with E-state index in [9.17, 15) is 0 Å². The Balaban J connectivity index is 2.92. The highest BCUT2D eigenvalue weighted by atomic mass is 32.2. The minimum Gasteiger partial charge on any atom is -0.336 e. The number of nitriles is 1. The summed E-state index contributed by atoms with van der Waals surface area (Å²) < 4.78 is 1.45. The SMILES string of the molecule is CC(C)(C)c1nnc(SCC#N)n1N. The van der Waals surface area contributed by atoms with E-state index in [4.69, 9.17) is 11.1 Å². The van der Waals surface area contributed by atoms with Crippen molar-refractivity contribution in [3.8, 4) is 6.07 Å². The Kier molecular flexibility index (Phi) is 3.01. The summed E-state index contributed by atoms with van der Waals surface area (Å²) in [6, 6.07) is 2.02. The number of hydrogen-bond donors (Lipinski definition) is 1. The molecule has 0 fully saturated rings. The first-order valence-electron chi connectivity index (χ1n) is 4.17. The van der Waals surface area contributed by atoms with Gasteiger partial charge in [0.2, 0.25) is 5.16 Å². The molecule has 1 heterocycles. The first-order chi connectivity index (χ1) is 6.46. The molecule has 0 atom stereocenters. The summed E-state index contributed by atoms with van der Waals surface area (Å²) in [4.78, 5) is 0. The molecule has 0 saturated carbocycles. The molecule has 0 unspecified atom stereocenters. The van der Waals surface area contributed by atoms with E-state index >= 15 is 0 Å². The third-order valence-electron chi connectivity index (χ3n) is 1.60. The highest BCUT2D eigenvalue weighted by Crippen LogP contribution is 2.22. The lowest BCUT2D eigenvalue weighted by molar-refractivity contribution is 0.523. The monoisotopic (exact) mass is 211 g/mol. The van der Waals surface area contributed by atoms with Gasteiger partial charge in [0.05, 0.1) is 11.8 Å². The van der Waals surface area contributed by atoms with E-state index in [1.165, 1.54) is 16.4 Å². The van der Waals surface area contributed by atoms with Gasteiger partial charge in [0.15, 0.2) is 5.82 Å². The molecule has 0 spiro atoms. The van der Waals surface area contributed by atoms with Crippen LogP contribution in [0.15, 0.2) is 5.16 Å². The fourth-order valence-electron chi connectivity index (χ4n) is 0.984. The molecule has 0 amide bonds. The van der Waals surface area contributed by atoms with Crippen molar-refractivity contribution in [2.45, 2.75) is 31.3 Å². The molecule has 2 N–H and O–H groups in total. The number of rotatable bonds is 2. The molecule has 1 aromatic rings. The van der Waals surface area contributed by atoms with Crippen molar-refractivity contribution in [1.82, 2.24) is 14.9 Å². The molecule has 1 rings (SSSR count). The Morgan fingerprint density at radius 2 is 2.14 bits per heavy atom. The summed E-state index contributed by atoms with van der Waals surface area (Å²) in [5, 5.41) is 16.9. The average Bonchev–Trinajstić information content (AvgIpc) is 2.42. The molecule has 0 bridgehead atoms. The second-order valence-electron chi connectivity index (χ2n) is 3.87. The van der Waals surface area contributed by atoms with E-state index in [0.29, 0.717) is 10.9 Å². The number of nitrogens with zero attached hydrogens (tertiary/aromatic N) is 4. The van der Waals surface area contributed by atoms with Crippen molar-refractivity contribution in [2.75, 3.05) is 11.6 Å². The molecule has 0 aromatic carbocycles. The van der Waals surface area contributed by atoms with Crippen LogP contribution in [0.1, 0.15) is 26.6 Å². The number of thioether (sulfide) groups is 1. The molecular formula is C8H13N5S. The van der Waals surface area contributed by atoms with Crippen molar-refractivity contribution < 1.29 is 0 Å². The maximum absolute atomic E-state index is 8.42. The van der Waals surface area contributed by atoms with Gasteiger partial charge in [0.25, 0.3) is 0 Å². The minimum atomic E-state index is -0.132. The van der Waals surface area contributed by atoms with Crippen LogP contribution in [0.3, 0.4) is 0 Å². The van der Waals surface area contributed by atoms with Crippen molar-refractivity contribution in [1.29, 1.82) is 5.26 Å². The molecule has 1 aromatic heterocycles. The van der Waals surface area contributed by atoms with Crippen LogP contribution in [0.2, 0.25) is 0 Å². The fraction of sp³-hybridized carbons (Fsp3) is 0.625. The Bertz CT molecular complexity index is 357. The van der Waals surface area contributed by atoms with E-state index < -0.39 is 0 Å². The first kappa shape index (κ1) is 10.9. The Labute approximate surface area is 87.3 Å². The van der Waals surface area contributed by atoms with Crippen LogP contribution in [-0.2, 0) is 5.41 Å². The zero-order chi connectivity index (χ0) is 10.8. The third kappa shape index (κ3) is 2.17. The minimum absolute atomic E-state index is 0.132. The van der Waals surface area contributed by atoms with Crippen LogP contribution in [0, 0.1) is 11.3 Å². The predicted molar refractivity (Wildman–Crippen MR) is 55.2 cm³/mol. The normalized spacial score (nSPS) is 11.3. The van der Waals surface area contributed by atoms with Gasteiger partial charge < -0.3 is 5.84 Å². The van der Waals surface area contributed by atoms with Crippen LogP contribution < -0.4 is 5.84 Å². The summed E-state index contributed by atoms with van der Waals surface area (Å²) in [5.41, 5.74) is -0.132. The van der Waals surface area contributed by atoms with Gasteiger partial charge in [-0.05, 0) is 0 Å². The Hall–Kier alpha value is -1.22. The summed E-state index contributed by atoms with van der Waals surface area (Å²) in [7, 11) is 0. The van der Waals surface area contributed by atoms with Gasteiger partial charge in [-0.15, -0.1) is 10.2 Å². The molecule has 0 aliphatic heterocycles. The van der Waals surface area contributed by atoms with Crippen LogP contribution in [0.25, 0.3) is 0 Å². The molecular weight excluding hydrogens is 198 g/mol. The van der Waals surface area contributed by atoms with Gasteiger partial charge in [0, 0.05) is 5.41 Å².